The molecule has 0 aliphatic carbocycles. The Morgan fingerprint density at radius 2 is 1.89 bits per heavy atom. The number of hydrogen-bond acceptors (Lipinski definition) is 3. The van der Waals surface area contributed by atoms with Gasteiger partial charge in [0.25, 0.3) is 5.91 Å². The maximum atomic E-state index is 11.1. The van der Waals surface area contributed by atoms with Gasteiger partial charge in [0.15, 0.2) is 0 Å². The summed E-state index contributed by atoms with van der Waals surface area (Å²) in [6.07, 6.45) is 1.38. The largest absolute Gasteiger partial charge is 0.383 e. The number of rotatable bonds is 3. The molecule has 0 aliphatic rings. The molecule has 0 aliphatic heterocycles. The van der Waals surface area contributed by atoms with E-state index in [1.807, 2.05) is 24.3 Å². The van der Waals surface area contributed by atoms with E-state index in [0.717, 1.165) is 5.69 Å². The van der Waals surface area contributed by atoms with Gasteiger partial charge in [-0.2, -0.15) is 5.10 Å². The molecule has 1 amide bonds. The van der Waals surface area contributed by atoms with E-state index < -0.39 is 5.91 Å². The highest BCUT2D eigenvalue weighted by atomic mass is 16.1. The van der Waals surface area contributed by atoms with E-state index in [2.05, 4.69) is 18.9 Å². The fraction of sp³-hybridized carbons (Fsp3) is 0.231. The van der Waals surface area contributed by atoms with Gasteiger partial charge in [0.1, 0.15) is 11.4 Å². The summed E-state index contributed by atoms with van der Waals surface area (Å²) in [6, 6.07) is 7.88. The SMILES string of the molecule is CC(C)c1ccc(-n2ncc(C(N)=O)c2N)cc1. The molecule has 4 N–H and O–H groups in total. The second-order valence-electron chi connectivity index (χ2n) is 4.47. The minimum Gasteiger partial charge on any atom is -0.383 e. The summed E-state index contributed by atoms with van der Waals surface area (Å²) in [6.45, 7) is 4.25. The van der Waals surface area contributed by atoms with Crippen molar-refractivity contribution >= 4 is 11.7 Å². The van der Waals surface area contributed by atoms with Crippen LogP contribution in [0.3, 0.4) is 0 Å². The minimum atomic E-state index is -0.572. The highest BCUT2D eigenvalue weighted by molar-refractivity contribution is 5.97. The Morgan fingerprint density at radius 3 is 2.33 bits per heavy atom. The smallest absolute Gasteiger partial charge is 0.254 e. The van der Waals surface area contributed by atoms with Crippen LogP contribution in [0.1, 0.15) is 35.7 Å². The first kappa shape index (κ1) is 12.2. The van der Waals surface area contributed by atoms with E-state index in [1.54, 1.807) is 0 Å². The number of carbonyl (C=O) groups is 1. The van der Waals surface area contributed by atoms with Crippen molar-refractivity contribution in [2.45, 2.75) is 19.8 Å². The van der Waals surface area contributed by atoms with Gasteiger partial charge in [-0.05, 0) is 23.6 Å². The summed E-state index contributed by atoms with van der Waals surface area (Å²) in [5.74, 6) is 0.160. The molecule has 0 saturated heterocycles. The van der Waals surface area contributed by atoms with Gasteiger partial charge in [-0.3, -0.25) is 4.79 Å². The summed E-state index contributed by atoms with van der Waals surface area (Å²) >= 11 is 0. The number of amides is 1. The highest BCUT2D eigenvalue weighted by Crippen LogP contribution is 2.20. The van der Waals surface area contributed by atoms with Crippen LogP contribution in [-0.4, -0.2) is 15.7 Å². The number of benzene rings is 1. The second kappa shape index (κ2) is 4.52. The monoisotopic (exact) mass is 244 g/mol. The van der Waals surface area contributed by atoms with Gasteiger partial charge in [0, 0.05) is 0 Å². The maximum absolute atomic E-state index is 11.1. The number of aromatic nitrogens is 2. The summed E-state index contributed by atoms with van der Waals surface area (Å²) in [5, 5.41) is 4.07. The average molecular weight is 244 g/mol. The molecule has 1 aromatic carbocycles. The first-order valence-corrected chi connectivity index (χ1v) is 5.74. The third-order valence-corrected chi connectivity index (χ3v) is 2.88. The second-order valence-corrected chi connectivity index (χ2v) is 4.47. The van der Waals surface area contributed by atoms with E-state index >= 15 is 0 Å². The van der Waals surface area contributed by atoms with Gasteiger partial charge in [-0.25, -0.2) is 4.68 Å². The standard InChI is InChI=1S/C13H16N4O/c1-8(2)9-3-5-10(6-4-9)17-12(14)11(7-16-17)13(15)18/h3-8H,14H2,1-2H3,(H2,15,18). The van der Waals surface area contributed by atoms with Crippen LogP contribution < -0.4 is 11.5 Å². The van der Waals surface area contributed by atoms with E-state index in [0.29, 0.717) is 5.92 Å². The number of anilines is 1. The van der Waals surface area contributed by atoms with E-state index in [-0.39, 0.29) is 11.4 Å². The lowest BCUT2D eigenvalue weighted by Gasteiger charge is -2.08. The third-order valence-electron chi connectivity index (χ3n) is 2.88. The molecular weight excluding hydrogens is 228 g/mol. The van der Waals surface area contributed by atoms with E-state index in [4.69, 9.17) is 11.5 Å². The zero-order valence-corrected chi connectivity index (χ0v) is 10.4. The molecule has 5 heteroatoms. The van der Waals surface area contributed by atoms with Gasteiger partial charge in [0.05, 0.1) is 11.9 Å². The van der Waals surface area contributed by atoms with Crippen LogP contribution in [0.2, 0.25) is 0 Å². The Hall–Kier alpha value is -2.30. The van der Waals surface area contributed by atoms with Crippen molar-refractivity contribution in [1.82, 2.24) is 9.78 Å². The quantitative estimate of drug-likeness (QED) is 0.861. The average Bonchev–Trinajstić information content (AvgIpc) is 2.71. The van der Waals surface area contributed by atoms with Crippen LogP contribution in [-0.2, 0) is 0 Å². The lowest BCUT2D eigenvalue weighted by atomic mass is 10.0. The van der Waals surface area contributed by atoms with Crippen LogP contribution in [0, 0.1) is 0 Å². The fourth-order valence-corrected chi connectivity index (χ4v) is 1.75. The lowest BCUT2D eigenvalue weighted by molar-refractivity contribution is 0.100. The van der Waals surface area contributed by atoms with Gasteiger partial charge in [-0.1, -0.05) is 26.0 Å². The third kappa shape index (κ3) is 2.07. The van der Waals surface area contributed by atoms with Crippen LogP contribution in [0.25, 0.3) is 5.69 Å². The molecule has 1 aromatic heterocycles. The van der Waals surface area contributed by atoms with Gasteiger partial charge in [0.2, 0.25) is 0 Å². The molecule has 1 heterocycles. The number of hydrogen-bond donors (Lipinski definition) is 2. The molecule has 2 aromatic rings. The summed E-state index contributed by atoms with van der Waals surface area (Å²) in [5.41, 5.74) is 13.3. The molecule has 0 unspecified atom stereocenters. The molecule has 0 radical (unpaired) electrons. The van der Waals surface area contributed by atoms with Crippen molar-refractivity contribution < 1.29 is 4.79 Å². The van der Waals surface area contributed by atoms with Gasteiger partial charge >= 0.3 is 0 Å². The fourth-order valence-electron chi connectivity index (χ4n) is 1.75. The number of nitrogens with two attached hydrogens (primary N) is 2. The van der Waals surface area contributed by atoms with Crippen molar-refractivity contribution in [2.75, 3.05) is 5.73 Å². The molecule has 0 spiro atoms. The Bertz CT molecular complexity index is 569. The molecular formula is C13H16N4O. The summed E-state index contributed by atoms with van der Waals surface area (Å²) in [4.78, 5) is 11.1. The Labute approximate surface area is 105 Å². The predicted molar refractivity (Wildman–Crippen MR) is 70.6 cm³/mol. The van der Waals surface area contributed by atoms with Crippen LogP contribution >= 0.6 is 0 Å². The molecule has 94 valence electrons. The number of nitrogens with zero attached hydrogens (tertiary/aromatic N) is 2. The predicted octanol–water partition coefficient (Wildman–Crippen LogP) is 1.68. The summed E-state index contributed by atoms with van der Waals surface area (Å²) in [7, 11) is 0. The zero-order chi connectivity index (χ0) is 13.3. The topological polar surface area (TPSA) is 86.9 Å². The summed E-state index contributed by atoms with van der Waals surface area (Å²) < 4.78 is 1.50. The lowest BCUT2D eigenvalue weighted by Crippen LogP contribution is -2.13. The zero-order valence-electron chi connectivity index (χ0n) is 10.4. The van der Waals surface area contributed by atoms with Crippen molar-refractivity contribution in [2.24, 2.45) is 5.73 Å². The van der Waals surface area contributed by atoms with Crippen LogP contribution in [0.4, 0.5) is 5.82 Å². The van der Waals surface area contributed by atoms with Crippen LogP contribution in [0.15, 0.2) is 30.5 Å². The van der Waals surface area contributed by atoms with E-state index in [1.165, 1.54) is 16.4 Å². The Balaban J connectivity index is 2.40. The minimum absolute atomic E-state index is 0.239. The first-order valence-electron chi connectivity index (χ1n) is 5.74. The number of nitrogen functional groups attached to an aromatic ring is 1. The number of carbonyl (C=O) groups excluding carboxylic acids is 1. The van der Waals surface area contributed by atoms with Crippen molar-refractivity contribution in [3.05, 3.63) is 41.6 Å². The normalized spacial score (nSPS) is 10.8. The van der Waals surface area contributed by atoms with Gasteiger partial charge < -0.3 is 11.5 Å². The van der Waals surface area contributed by atoms with Crippen LogP contribution in [0.5, 0.6) is 0 Å². The maximum Gasteiger partial charge on any atom is 0.254 e. The van der Waals surface area contributed by atoms with Crippen molar-refractivity contribution in [3.8, 4) is 5.69 Å². The first-order chi connectivity index (χ1) is 8.50. The van der Waals surface area contributed by atoms with E-state index in [9.17, 15) is 4.79 Å². The van der Waals surface area contributed by atoms with Crippen molar-refractivity contribution in [1.29, 1.82) is 0 Å². The Morgan fingerprint density at radius 1 is 1.28 bits per heavy atom. The molecule has 0 fully saturated rings. The molecule has 0 atom stereocenters. The molecule has 18 heavy (non-hydrogen) atoms. The molecule has 0 saturated carbocycles. The molecule has 2 rings (SSSR count). The van der Waals surface area contributed by atoms with Gasteiger partial charge in [-0.15, -0.1) is 0 Å². The molecule has 5 nitrogen and oxygen atoms in total. The Kier molecular flexibility index (Phi) is 3.06. The molecule has 0 bridgehead atoms. The highest BCUT2D eigenvalue weighted by Gasteiger charge is 2.13. The van der Waals surface area contributed by atoms with Crippen molar-refractivity contribution in [3.63, 3.8) is 0 Å². The number of primary amides is 1.